The molecule has 2 N–H and O–H groups in total. The van der Waals surface area contributed by atoms with Crippen LogP contribution in [0.1, 0.15) is 45.4 Å². The molecular formula is C15H26N2O2. The lowest BCUT2D eigenvalue weighted by atomic mass is 9.93. The van der Waals surface area contributed by atoms with Gasteiger partial charge in [0, 0.05) is 25.0 Å². The van der Waals surface area contributed by atoms with Gasteiger partial charge in [0.05, 0.1) is 6.10 Å². The van der Waals surface area contributed by atoms with Crippen molar-refractivity contribution in [2.45, 2.75) is 57.6 Å². The summed E-state index contributed by atoms with van der Waals surface area (Å²) < 4.78 is 0. The number of rotatable bonds is 4. The fourth-order valence-corrected chi connectivity index (χ4v) is 3.35. The zero-order valence-electron chi connectivity index (χ0n) is 11.8. The third kappa shape index (κ3) is 3.22. The highest BCUT2D eigenvalue weighted by Gasteiger charge is 2.43. The summed E-state index contributed by atoms with van der Waals surface area (Å²) in [6.07, 6.45) is 6.90. The lowest BCUT2D eigenvalue weighted by molar-refractivity contribution is 0.0729. The van der Waals surface area contributed by atoms with Crippen molar-refractivity contribution in [3.05, 3.63) is 0 Å². The Morgan fingerprint density at radius 3 is 2.32 bits per heavy atom. The minimum absolute atomic E-state index is 0.106. The normalized spacial score (nSPS) is 29.4. The summed E-state index contributed by atoms with van der Waals surface area (Å²) in [6, 6.07) is 0.536. The van der Waals surface area contributed by atoms with Gasteiger partial charge >= 0.3 is 6.03 Å². The standard InChI is InChI=1S/C15H26N2O2/c1-10(18)13-3-2-8-17(9-13)15(19)16-14(11-4-5-11)12-6-7-12/h10-14,18H,2-9H2,1H3,(H,16,19). The van der Waals surface area contributed by atoms with Crippen molar-refractivity contribution in [3.63, 3.8) is 0 Å². The maximum Gasteiger partial charge on any atom is 0.317 e. The second-order valence-electron chi connectivity index (χ2n) is 6.74. The van der Waals surface area contributed by atoms with Crippen LogP contribution in [-0.4, -0.2) is 41.3 Å². The van der Waals surface area contributed by atoms with E-state index >= 15 is 0 Å². The molecule has 2 unspecified atom stereocenters. The monoisotopic (exact) mass is 266 g/mol. The second-order valence-corrected chi connectivity index (χ2v) is 6.74. The van der Waals surface area contributed by atoms with Crippen LogP contribution < -0.4 is 5.32 Å². The Balaban J connectivity index is 1.53. The molecule has 2 atom stereocenters. The van der Waals surface area contributed by atoms with E-state index < -0.39 is 0 Å². The lowest BCUT2D eigenvalue weighted by Gasteiger charge is -2.35. The number of hydrogen-bond donors (Lipinski definition) is 2. The molecule has 4 nitrogen and oxygen atoms in total. The first kappa shape index (κ1) is 13.2. The minimum atomic E-state index is -0.307. The SMILES string of the molecule is CC(O)C1CCCN(C(=O)NC(C2CC2)C2CC2)C1. The Bertz CT molecular complexity index is 325. The van der Waals surface area contributed by atoms with Gasteiger partial charge in [-0.3, -0.25) is 0 Å². The molecule has 4 heteroatoms. The first-order chi connectivity index (χ1) is 9.15. The van der Waals surface area contributed by atoms with E-state index in [4.69, 9.17) is 0 Å². The smallest absolute Gasteiger partial charge is 0.317 e. The molecule has 108 valence electrons. The number of amides is 2. The van der Waals surface area contributed by atoms with Crippen molar-refractivity contribution >= 4 is 6.03 Å². The van der Waals surface area contributed by atoms with E-state index in [9.17, 15) is 9.90 Å². The molecule has 3 aliphatic rings. The number of piperidine rings is 1. The Morgan fingerprint density at radius 1 is 1.16 bits per heavy atom. The summed E-state index contributed by atoms with van der Waals surface area (Å²) in [5.41, 5.74) is 0. The third-order valence-electron chi connectivity index (χ3n) is 4.98. The summed E-state index contributed by atoms with van der Waals surface area (Å²) in [4.78, 5) is 14.3. The van der Waals surface area contributed by atoms with Crippen LogP contribution in [0.3, 0.4) is 0 Å². The molecule has 2 aliphatic carbocycles. The molecule has 3 rings (SSSR count). The van der Waals surface area contributed by atoms with Crippen LogP contribution in [0, 0.1) is 17.8 Å². The second kappa shape index (κ2) is 5.31. The summed E-state index contributed by atoms with van der Waals surface area (Å²) in [7, 11) is 0. The van der Waals surface area contributed by atoms with Crippen LogP contribution in [0.25, 0.3) is 0 Å². The van der Waals surface area contributed by atoms with Crippen LogP contribution in [-0.2, 0) is 0 Å². The number of likely N-dealkylation sites (tertiary alicyclic amines) is 1. The summed E-state index contributed by atoms with van der Waals surface area (Å²) in [5, 5.41) is 13.0. The Labute approximate surface area is 115 Å². The van der Waals surface area contributed by atoms with Gasteiger partial charge in [0.25, 0.3) is 0 Å². The summed E-state index contributed by atoms with van der Waals surface area (Å²) in [6.45, 7) is 3.39. The quantitative estimate of drug-likeness (QED) is 0.817. The molecule has 3 fully saturated rings. The van der Waals surface area contributed by atoms with E-state index in [1.165, 1.54) is 25.7 Å². The van der Waals surface area contributed by atoms with Gasteiger partial charge in [-0.2, -0.15) is 0 Å². The number of nitrogens with zero attached hydrogens (tertiary/aromatic N) is 1. The molecule has 0 spiro atoms. The number of carbonyl (C=O) groups excluding carboxylic acids is 1. The number of aliphatic hydroxyl groups is 1. The molecule has 1 aliphatic heterocycles. The molecule has 19 heavy (non-hydrogen) atoms. The number of urea groups is 1. The van der Waals surface area contributed by atoms with Crippen molar-refractivity contribution < 1.29 is 9.90 Å². The Kier molecular flexibility index (Phi) is 3.70. The Hall–Kier alpha value is -0.770. The molecule has 0 aromatic heterocycles. The molecule has 0 aromatic rings. The predicted octanol–water partition coefficient (Wildman–Crippen LogP) is 1.98. The van der Waals surface area contributed by atoms with E-state index in [1.54, 1.807) is 0 Å². The highest BCUT2D eigenvalue weighted by Crippen LogP contribution is 2.44. The van der Waals surface area contributed by atoms with Gasteiger partial charge in [0.1, 0.15) is 0 Å². The molecule has 1 saturated heterocycles. The fraction of sp³-hybridized carbons (Fsp3) is 0.933. The van der Waals surface area contributed by atoms with Gasteiger partial charge in [-0.05, 0) is 57.3 Å². The van der Waals surface area contributed by atoms with Crippen molar-refractivity contribution in [3.8, 4) is 0 Å². The van der Waals surface area contributed by atoms with Crippen LogP contribution >= 0.6 is 0 Å². The van der Waals surface area contributed by atoms with Crippen molar-refractivity contribution in [1.29, 1.82) is 0 Å². The molecule has 2 amide bonds. The first-order valence-corrected chi connectivity index (χ1v) is 7.88. The molecule has 1 heterocycles. The average molecular weight is 266 g/mol. The van der Waals surface area contributed by atoms with Crippen molar-refractivity contribution in [1.82, 2.24) is 10.2 Å². The lowest BCUT2D eigenvalue weighted by Crippen LogP contribution is -2.51. The van der Waals surface area contributed by atoms with Gasteiger partial charge in [-0.25, -0.2) is 4.79 Å². The van der Waals surface area contributed by atoms with E-state index in [2.05, 4.69) is 5.32 Å². The highest BCUT2D eigenvalue weighted by atomic mass is 16.3. The topological polar surface area (TPSA) is 52.6 Å². The van der Waals surface area contributed by atoms with Crippen LogP contribution in [0.2, 0.25) is 0 Å². The van der Waals surface area contributed by atoms with E-state index in [-0.39, 0.29) is 18.1 Å². The number of carbonyl (C=O) groups is 1. The third-order valence-corrected chi connectivity index (χ3v) is 4.98. The summed E-state index contributed by atoms with van der Waals surface area (Å²) >= 11 is 0. The fourth-order valence-electron chi connectivity index (χ4n) is 3.35. The number of aliphatic hydroxyl groups excluding tert-OH is 1. The highest BCUT2D eigenvalue weighted by molar-refractivity contribution is 5.74. The van der Waals surface area contributed by atoms with Gasteiger partial charge in [-0.1, -0.05) is 0 Å². The predicted molar refractivity (Wildman–Crippen MR) is 73.7 cm³/mol. The minimum Gasteiger partial charge on any atom is -0.393 e. The molecule has 2 saturated carbocycles. The summed E-state index contributed by atoms with van der Waals surface area (Å²) in [5.74, 6) is 1.74. The maximum absolute atomic E-state index is 12.4. The van der Waals surface area contributed by atoms with Crippen LogP contribution in [0.5, 0.6) is 0 Å². The van der Waals surface area contributed by atoms with Crippen LogP contribution in [0.4, 0.5) is 4.79 Å². The van der Waals surface area contributed by atoms with Crippen molar-refractivity contribution in [2.24, 2.45) is 17.8 Å². The van der Waals surface area contributed by atoms with Crippen molar-refractivity contribution in [2.75, 3.05) is 13.1 Å². The molecule has 0 aromatic carbocycles. The number of hydrogen-bond acceptors (Lipinski definition) is 2. The van der Waals surface area contributed by atoms with Gasteiger partial charge in [0.15, 0.2) is 0 Å². The Morgan fingerprint density at radius 2 is 1.79 bits per heavy atom. The number of nitrogens with one attached hydrogen (secondary N) is 1. The molecular weight excluding hydrogens is 240 g/mol. The zero-order valence-corrected chi connectivity index (χ0v) is 11.8. The van der Waals surface area contributed by atoms with Crippen LogP contribution in [0.15, 0.2) is 0 Å². The first-order valence-electron chi connectivity index (χ1n) is 7.88. The maximum atomic E-state index is 12.4. The van der Waals surface area contributed by atoms with Gasteiger partial charge in [-0.15, -0.1) is 0 Å². The molecule has 0 radical (unpaired) electrons. The van der Waals surface area contributed by atoms with E-state index in [1.807, 2.05) is 11.8 Å². The van der Waals surface area contributed by atoms with E-state index in [0.717, 1.165) is 31.2 Å². The van der Waals surface area contributed by atoms with E-state index in [0.29, 0.717) is 12.6 Å². The van der Waals surface area contributed by atoms with Gasteiger partial charge in [0.2, 0.25) is 0 Å². The molecule has 0 bridgehead atoms. The zero-order chi connectivity index (χ0) is 13.4. The average Bonchev–Trinajstić information content (AvgIpc) is 3.29. The largest absolute Gasteiger partial charge is 0.393 e. The van der Waals surface area contributed by atoms with Gasteiger partial charge < -0.3 is 15.3 Å².